The minimum Gasteiger partial charge on any atom is -0.411 e. The second kappa shape index (κ2) is 3.56. The molecule has 0 unspecified atom stereocenters. The Hall–Kier alpha value is -1.38. The summed E-state index contributed by atoms with van der Waals surface area (Å²) in [5, 5.41) is 13.2. The molecule has 1 aromatic heterocycles. The first-order valence-corrected chi connectivity index (χ1v) is 6.70. The fourth-order valence-corrected chi connectivity index (χ4v) is 4.18. The van der Waals surface area contributed by atoms with Crippen molar-refractivity contribution in [1.29, 1.82) is 0 Å². The Morgan fingerprint density at radius 2 is 1.89 bits per heavy atom. The molecule has 1 heterocycles. The molecule has 3 atom stereocenters. The molecule has 2 aliphatic rings. The molecule has 3 heteroatoms. The van der Waals surface area contributed by atoms with Crippen molar-refractivity contribution in [3.63, 3.8) is 0 Å². The summed E-state index contributed by atoms with van der Waals surface area (Å²) in [5.41, 5.74) is 1.18. The summed E-state index contributed by atoms with van der Waals surface area (Å²) >= 11 is 0. The van der Waals surface area contributed by atoms with E-state index in [1.54, 1.807) is 0 Å². The summed E-state index contributed by atoms with van der Waals surface area (Å²) in [5.74, 6) is 0.556. The van der Waals surface area contributed by atoms with Crippen LogP contribution in [-0.4, -0.2) is 10.9 Å². The van der Waals surface area contributed by atoms with E-state index in [0.717, 1.165) is 12.1 Å². The lowest BCUT2D eigenvalue weighted by Crippen LogP contribution is -2.47. The molecule has 96 valence electrons. The Morgan fingerprint density at radius 1 is 1.22 bits per heavy atom. The van der Waals surface area contributed by atoms with Crippen LogP contribution in [0.15, 0.2) is 35.7 Å². The van der Waals surface area contributed by atoms with E-state index in [1.807, 2.05) is 18.2 Å². The molecule has 0 spiro atoms. The molecule has 0 saturated heterocycles. The maximum absolute atomic E-state index is 9.49. The number of oxime groups is 1. The summed E-state index contributed by atoms with van der Waals surface area (Å²) in [7, 11) is 0. The molecule has 1 aromatic rings. The van der Waals surface area contributed by atoms with Gasteiger partial charge in [0.05, 0.1) is 0 Å². The second-order valence-corrected chi connectivity index (χ2v) is 6.45. The lowest BCUT2D eigenvalue weighted by atomic mass is 9.70. The van der Waals surface area contributed by atoms with Crippen LogP contribution in [-0.2, 0) is 0 Å². The normalized spacial score (nSPS) is 39.4. The lowest BCUT2D eigenvalue weighted by Gasteiger charge is -2.32. The fourth-order valence-electron chi connectivity index (χ4n) is 4.18. The molecule has 18 heavy (non-hydrogen) atoms. The van der Waals surface area contributed by atoms with E-state index in [4.69, 9.17) is 0 Å². The highest BCUT2D eigenvalue weighted by Crippen LogP contribution is 2.66. The first kappa shape index (κ1) is 11.7. The lowest BCUT2D eigenvalue weighted by molar-refractivity contribution is -0.713. The quantitative estimate of drug-likeness (QED) is 0.461. The van der Waals surface area contributed by atoms with Gasteiger partial charge < -0.3 is 5.21 Å². The summed E-state index contributed by atoms with van der Waals surface area (Å²) in [6.45, 7) is 6.89. The highest BCUT2D eigenvalue weighted by molar-refractivity contribution is 5.96. The topological polar surface area (TPSA) is 36.5 Å². The summed E-state index contributed by atoms with van der Waals surface area (Å²) in [6.07, 6.45) is 6.51. The van der Waals surface area contributed by atoms with E-state index < -0.39 is 0 Å². The van der Waals surface area contributed by atoms with Gasteiger partial charge in [0.1, 0.15) is 5.71 Å². The third kappa shape index (κ3) is 1.20. The van der Waals surface area contributed by atoms with Gasteiger partial charge >= 0.3 is 0 Å². The highest BCUT2D eigenvalue weighted by atomic mass is 16.4. The van der Waals surface area contributed by atoms with E-state index in [0.29, 0.717) is 5.92 Å². The van der Waals surface area contributed by atoms with Crippen molar-refractivity contribution >= 4 is 5.71 Å². The van der Waals surface area contributed by atoms with Crippen LogP contribution in [0.3, 0.4) is 0 Å². The Labute approximate surface area is 108 Å². The van der Waals surface area contributed by atoms with Crippen molar-refractivity contribution < 1.29 is 9.77 Å². The van der Waals surface area contributed by atoms with Crippen molar-refractivity contribution in [3.05, 3.63) is 30.6 Å². The predicted molar refractivity (Wildman–Crippen MR) is 69.5 cm³/mol. The zero-order valence-electron chi connectivity index (χ0n) is 11.3. The Balaban J connectivity index is 2.13. The van der Waals surface area contributed by atoms with Gasteiger partial charge in [-0.2, -0.15) is 4.57 Å². The van der Waals surface area contributed by atoms with Crippen LogP contribution in [0.2, 0.25) is 0 Å². The van der Waals surface area contributed by atoms with Gasteiger partial charge in [-0.3, -0.25) is 0 Å². The molecular weight excluding hydrogens is 224 g/mol. The van der Waals surface area contributed by atoms with Crippen LogP contribution in [0.4, 0.5) is 0 Å². The monoisotopic (exact) mass is 245 g/mol. The van der Waals surface area contributed by atoms with Gasteiger partial charge in [0.25, 0.3) is 0 Å². The SMILES string of the molecule is CC1(C)[C@H]2CC[C@]1(C)/C(=N\O)[C@H]2[n+]1ccccc1. The van der Waals surface area contributed by atoms with Crippen LogP contribution >= 0.6 is 0 Å². The van der Waals surface area contributed by atoms with E-state index >= 15 is 0 Å². The first-order valence-electron chi connectivity index (χ1n) is 6.70. The van der Waals surface area contributed by atoms with Gasteiger partial charge in [0.2, 0.25) is 6.04 Å². The second-order valence-electron chi connectivity index (χ2n) is 6.45. The molecule has 0 aliphatic heterocycles. The van der Waals surface area contributed by atoms with Crippen molar-refractivity contribution in [1.82, 2.24) is 0 Å². The average molecular weight is 245 g/mol. The maximum Gasteiger partial charge on any atom is 0.203 e. The van der Waals surface area contributed by atoms with E-state index in [9.17, 15) is 5.21 Å². The van der Waals surface area contributed by atoms with Crippen LogP contribution in [0.5, 0.6) is 0 Å². The van der Waals surface area contributed by atoms with Gasteiger partial charge in [-0.05, 0) is 18.3 Å². The average Bonchev–Trinajstić information content (AvgIpc) is 2.70. The molecule has 0 radical (unpaired) electrons. The number of hydrogen-bond donors (Lipinski definition) is 1. The van der Waals surface area contributed by atoms with Gasteiger partial charge in [0, 0.05) is 23.5 Å². The molecule has 1 N–H and O–H groups in total. The minimum atomic E-state index is 0.0277. The first-order chi connectivity index (χ1) is 8.52. The minimum absolute atomic E-state index is 0.0277. The Kier molecular flexibility index (Phi) is 2.31. The van der Waals surface area contributed by atoms with E-state index in [2.05, 4.69) is 42.9 Å². The van der Waals surface area contributed by atoms with Gasteiger partial charge in [-0.1, -0.05) is 32.0 Å². The van der Waals surface area contributed by atoms with Crippen LogP contribution in [0.1, 0.15) is 39.7 Å². The van der Waals surface area contributed by atoms with E-state index in [1.165, 1.54) is 6.42 Å². The molecule has 2 aliphatic carbocycles. The van der Waals surface area contributed by atoms with Gasteiger partial charge in [-0.15, -0.1) is 0 Å². The highest BCUT2D eigenvalue weighted by Gasteiger charge is 2.68. The maximum atomic E-state index is 9.49. The molecular formula is C15H21N2O+. The number of pyridine rings is 1. The Morgan fingerprint density at radius 3 is 2.50 bits per heavy atom. The molecule has 2 saturated carbocycles. The summed E-state index contributed by atoms with van der Waals surface area (Å²) in [6, 6.07) is 6.31. The van der Waals surface area contributed by atoms with Crippen molar-refractivity contribution in [2.75, 3.05) is 0 Å². The van der Waals surface area contributed by atoms with Gasteiger partial charge in [0.15, 0.2) is 12.4 Å². The van der Waals surface area contributed by atoms with Crippen LogP contribution in [0.25, 0.3) is 0 Å². The third-order valence-electron chi connectivity index (χ3n) is 5.70. The Bertz CT molecular complexity index is 494. The van der Waals surface area contributed by atoms with Crippen molar-refractivity contribution in [2.24, 2.45) is 21.9 Å². The fraction of sp³-hybridized carbons (Fsp3) is 0.600. The molecule has 0 aromatic carbocycles. The number of fused-ring (bicyclic) bond motifs is 2. The molecule has 3 rings (SSSR count). The summed E-state index contributed by atoms with van der Waals surface area (Å²) in [4.78, 5) is 0. The van der Waals surface area contributed by atoms with Crippen molar-refractivity contribution in [2.45, 2.75) is 39.7 Å². The molecule has 2 bridgehead atoms. The zero-order chi connectivity index (χ0) is 13.0. The third-order valence-corrected chi connectivity index (χ3v) is 5.70. The molecule has 3 nitrogen and oxygen atoms in total. The standard InChI is InChI=1S/C15H20N2O/c1-14(2)11-7-8-15(14,3)13(16-18)12(11)17-9-5-4-6-10-17/h4-6,9-12H,7-8H2,1-3H3/p+1/b16-13-/t11-,12-,15+/m0/s1. The largest absolute Gasteiger partial charge is 0.411 e. The predicted octanol–water partition coefficient (Wildman–Crippen LogP) is 2.80. The molecule has 0 amide bonds. The van der Waals surface area contributed by atoms with Gasteiger partial charge in [-0.25, -0.2) is 0 Å². The van der Waals surface area contributed by atoms with Crippen LogP contribution in [0, 0.1) is 16.7 Å². The number of hydrogen-bond acceptors (Lipinski definition) is 2. The smallest absolute Gasteiger partial charge is 0.203 e. The molecule has 2 fully saturated rings. The van der Waals surface area contributed by atoms with E-state index in [-0.39, 0.29) is 16.9 Å². The number of rotatable bonds is 1. The zero-order valence-corrected chi connectivity index (χ0v) is 11.3. The summed E-state index contributed by atoms with van der Waals surface area (Å²) < 4.78 is 2.20. The van der Waals surface area contributed by atoms with Crippen LogP contribution < -0.4 is 4.57 Å². The number of nitrogens with zero attached hydrogens (tertiary/aromatic N) is 2. The van der Waals surface area contributed by atoms with Crippen molar-refractivity contribution in [3.8, 4) is 0 Å². The number of aromatic nitrogens is 1.